The van der Waals surface area contributed by atoms with E-state index in [1.54, 1.807) is 41.3 Å². The van der Waals surface area contributed by atoms with Crippen LogP contribution in [0.25, 0.3) is 27.7 Å². The van der Waals surface area contributed by atoms with E-state index in [0.717, 1.165) is 22.2 Å². The second kappa shape index (κ2) is 8.74. The third-order valence-electron chi connectivity index (χ3n) is 5.35. The molecule has 162 valence electrons. The molecular weight excluding hydrogens is 417 g/mol. The summed E-state index contributed by atoms with van der Waals surface area (Å²) in [7, 11) is 0.103. The van der Waals surface area contributed by atoms with E-state index in [-0.39, 0.29) is 5.46 Å². The Morgan fingerprint density at radius 3 is 2.58 bits per heavy atom. The Morgan fingerprint density at radius 1 is 1.00 bits per heavy atom. The first-order valence-electron chi connectivity index (χ1n) is 10.3. The number of hydrogen-bond donors (Lipinski definition) is 3. The number of nitrogens with zero attached hydrogens (tertiary/aromatic N) is 4. The van der Waals surface area contributed by atoms with E-state index in [9.17, 15) is 10.0 Å². The van der Waals surface area contributed by atoms with Gasteiger partial charge in [0.25, 0.3) is 0 Å². The minimum Gasteiger partial charge on any atom is -0.458 e. The Hall–Kier alpha value is -4.21. The van der Waals surface area contributed by atoms with Gasteiger partial charge in [-0.3, -0.25) is 0 Å². The maximum atomic E-state index is 10.1. The van der Waals surface area contributed by atoms with Crippen molar-refractivity contribution >= 4 is 29.2 Å². The molecule has 0 aliphatic carbocycles. The lowest BCUT2D eigenvalue weighted by Gasteiger charge is -2.17. The molecule has 0 aliphatic rings. The Bertz CT molecular complexity index is 1410. The highest BCUT2D eigenvalue weighted by atomic mass is 16.5. The molecule has 2 aromatic heterocycles. The van der Waals surface area contributed by atoms with Crippen LogP contribution in [-0.4, -0.2) is 44.2 Å². The molecule has 8 nitrogen and oxygen atoms in total. The van der Waals surface area contributed by atoms with E-state index >= 15 is 0 Å². The summed E-state index contributed by atoms with van der Waals surface area (Å²) in [4.78, 5) is 0. The van der Waals surface area contributed by atoms with Gasteiger partial charge in [-0.1, -0.05) is 24.3 Å². The van der Waals surface area contributed by atoms with Crippen molar-refractivity contribution in [2.45, 2.75) is 0 Å². The number of ether oxygens (including phenoxy) is 1. The van der Waals surface area contributed by atoms with Crippen molar-refractivity contribution in [1.29, 1.82) is 0 Å². The van der Waals surface area contributed by atoms with Gasteiger partial charge in [0.1, 0.15) is 11.5 Å². The summed E-state index contributed by atoms with van der Waals surface area (Å²) in [5.74, 6) is 0.905. The highest BCUT2D eigenvalue weighted by molar-refractivity contribution is 6.60. The summed E-state index contributed by atoms with van der Waals surface area (Å²) in [6.45, 7) is 0. The van der Waals surface area contributed by atoms with Crippen LogP contribution in [0.3, 0.4) is 0 Å². The van der Waals surface area contributed by atoms with Crippen molar-refractivity contribution in [3.8, 4) is 28.3 Å². The molecule has 0 unspecified atom stereocenters. The number of benzene rings is 3. The average Bonchev–Trinajstić information content (AvgIpc) is 3.38. The third kappa shape index (κ3) is 4.02. The highest BCUT2D eigenvalue weighted by Gasteiger charge is 2.23. The van der Waals surface area contributed by atoms with Gasteiger partial charge in [0.2, 0.25) is 0 Å². The van der Waals surface area contributed by atoms with Crippen LogP contribution in [0.15, 0.2) is 85.3 Å². The fourth-order valence-corrected chi connectivity index (χ4v) is 3.75. The van der Waals surface area contributed by atoms with E-state index < -0.39 is 7.12 Å². The average molecular weight is 437 g/mol. The second-order valence-corrected chi connectivity index (χ2v) is 7.39. The summed E-state index contributed by atoms with van der Waals surface area (Å²) < 4.78 is 7.72. The number of para-hydroxylation sites is 1. The van der Waals surface area contributed by atoms with Crippen LogP contribution in [0, 0.1) is 0 Å². The van der Waals surface area contributed by atoms with Crippen molar-refractivity contribution in [3.05, 3.63) is 85.3 Å². The molecule has 2 heterocycles. The number of hydrogen-bond acceptors (Lipinski definition) is 7. The molecule has 0 aliphatic heterocycles. The lowest BCUT2D eigenvalue weighted by molar-refractivity contribution is 0.420. The Morgan fingerprint density at radius 2 is 1.85 bits per heavy atom. The van der Waals surface area contributed by atoms with Crippen LogP contribution in [0.1, 0.15) is 0 Å². The Kier molecular flexibility index (Phi) is 5.48. The molecule has 0 amide bonds. The Labute approximate surface area is 190 Å². The molecule has 0 bridgehead atoms. The van der Waals surface area contributed by atoms with E-state index in [1.165, 1.54) is 0 Å². The minimum atomic E-state index is -1.73. The van der Waals surface area contributed by atoms with E-state index in [2.05, 4.69) is 20.6 Å². The van der Waals surface area contributed by atoms with Gasteiger partial charge in [0.15, 0.2) is 0 Å². The van der Waals surface area contributed by atoms with Gasteiger partial charge in [0, 0.05) is 41.9 Å². The molecule has 0 saturated heterocycles. The molecule has 3 N–H and O–H groups in total. The molecule has 0 atom stereocenters. The van der Waals surface area contributed by atoms with Gasteiger partial charge >= 0.3 is 7.12 Å². The van der Waals surface area contributed by atoms with Crippen LogP contribution in [0.4, 0.5) is 5.69 Å². The van der Waals surface area contributed by atoms with Crippen molar-refractivity contribution in [2.75, 3.05) is 12.4 Å². The summed E-state index contributed by atoms with van der Waals surface area (Å²) in [6, 6.07) is 20.3. The molecule has 5 rings (SSSR count). The fraction of sp³-hybridized carbons (Fsp3) is 0.0417. The van der Waals surface area contributed by atoms with Gasteiger partial charge in [-0.15, -0.1) is 0 Å². The van der Waals surface area contributed by atoms with Crippen molar-refractivity contribution in [2.24, 2.45) is 0 Å². The lowest BCUT2D eigenvalue weighted by Crippen LogP contribution is -2.31. The van der Waals surface area contributed by atoms with Gasteiger partial charge in [-0.2, -0.15) is 15.3 Å². The van der Waals surface area contributed by atoms with E-state index in [1.807, 2.05) is 55.7 Å². The number of aromatic nitrogens is 4. The fourth-order valence-electron chi connectivity index (χ4n) is 3.75. The van der Waals surface area contributed by atoms with Crippen LogP contribution in [0.2, 0.25) is 0 Å². The standard InChI is InChI=1S/C24H20BN5O3/c1-26-22-15-27-29-21-12-16(8-9-18(21)22)19-13-20(25(31)32)24(33-17-6-3-2-4-7-17)14-23(19)30-11-5-10-28-30/h2-15,31-32H,1H3,(H,26,29). The first kappa shape index (κ1) is 20.7. The third-order valence-corrected chi connectivity index (χ3v) is 5.35. The van der Waals surface area contributed by atoms with E-state index in [4.69, 9.17) is 4.74 Å². The zero-order valence-corrected chi connectivity index (χ0v) is 17.8. The molecule has 33 heavy (non-hydrogen) atoms. The van der Waals surface area contributed by atoms with Crippen molar-refractivity contribution in [1.82, 2.24) is 20.0 Å². The predicted molar refractivity (Wildman–Crippen MR) is 128 cm³/mol. The summed E-state index contributed by atoms with van der Waals surface area (Å²) in [5.41, 5.74) is 4.09. The maximum Gasteiger partial charge on any atom is 0.492 e. The van der Waals surface area contributed by atoms with Gasteiger partial charge < -0.3 is 20.1 Å². The number of fused-ring (bicyclic) bond motifs is 1. The topological polar surface area (TPSA) is 105 Å². The van der Waals surface area contributed by atoms with Crippen molar-refractivity contribution in [3.63, 3.8) is 0 Å². The van der Waals surface area contributed by atoms with Crippen LogP contribution in [-0.2, 0) is 0 Å². The first-order valence-corrected chi connectivity index (χ1v) is 10.3. The summed E-state index contributed by atoms with van der Waals surface area (Å²) in [6.07, 6.45) is 5.18. The summed E-state index contributed by atoms with van der Waals surface area (Å²) >= 11 is 0. The largest absolute Gasteiger partial charge is 0.492 e. The molecule has 0 saturated carbocycles. The molecule has 0 spiro atoms. The SMILES string of the molecule is CNc1cnnc2cc(-c3cc(B(O)O)c(Oc4ccccc4)cc3-n3cccn3)ccc12. The monoisotopic (exact) mass is 437 g/mol. The quantitative estimate of drug-likeness (QED) is 0.351. The minimum absolute atomic E-state index is 0.236. The van der Waals surface area contributed by atoms with Crippen LogP contribution in [0.5, 0.6) is 11.5 Å². The second-order valence-electron chi connectivity index (χ2n) is 7.39. The van der Waals surface area contributed by atoms with Crippen LogP contribution < -0.4 is 15.5 Å². The molecule has 0 radical (unpaired) electrons. The smallest absolute Gasteiger partial charge is 0.458 e. The van der Waals surface area contributed by atoms with Gasteiger partial charge in [-0.25, -0.2) is 4.68 Å². The first-order chi connectivity index (χ1) is 16.1. The number of nitrogens with one attached hydrogen (secondary N) is 1. The molecule has 9 heteroatoms. The normalized spacial score (nSPS) is 10.9. The predicted octanol–water partition coefficient (Wildman–Crippen LogP) is 3.00. The van der Waals surface area contributed by atoms with E-state index in [0.29, 0.717) is 22.7 Å². The number of rotatable bonds is 6. The molecular formula is C24H20BN5O3. The molecule has 3 aromatic carbocycles. The lowest BCUT2D eigenvalue weighted by atomic mass is 9.77. The van der Waals surface area contributed by atoms with Crippen molar-refractivity contribution < 1.29 is 14.8 Å². The van der Waals surface area contributed by atoms with Crippen LogP contribution >= 0.6 is 0 Å². The molecule has 0 fully saturated rings. The maximum absolute atomic E-state index is 10.1. The summed E-state index contributed by atoms with van der Waals surface area (Å²) in [5, 5.41) is 37.0. The van der Waals surface area contributed by atoms with Gasteiger partial charge in [0.05, 0.1) is 23.1 Å². The highest BCUT2D eigenvalue weighted by Crippen LogP contribution is 2.33. The Balaban J connectivity index is 1.71. The molecule has 5 aromatic rings. The zero-order valence-electron chi connectivity index (χ0n) is 17.8. The zero-order chi connectivity index (χ0) is 22.8. The number of anilines is 1. The van der Waals surface area contributed by atoms with Gasteiger partial charge in [-0.05, 0) is 42.0 Å².